The summed E-state index contributed by atoms with van der Waals surface area (Å²) in [4.78, 5) is 26.1. The first-order valence-electron chi connectivity index (χ1n) is 6.72. The first kappa shape index (κ1) is 16.2. The average molecular weight is 362 g/mol. The monoisotopic (exact) mass is 361 g/mol. The van der Waals surface area contributed by atoms with Gasteiger partial charge in [-0.25, -0.2) is 4.79 Å². The molecular formula is C17H16BrNO3. The molecule has 0 unspecified atom stereocenters. The first-order chi connectivity index (χ1) is 10.5. The molecule has 0 aromatic heterocycles. The molecule has 0 spiro atoms. The molecule has 1 amide bonds. The molecule has 4 nitrogen and oxygen atoms in total. The van der Waals surface area contributed by atoms with Gasteiger partial charge < -0.3 is 9.64 Å². The van der Waals surface area contributed by atoms with Crippen LogP contribution in [0, 0.1) is 0 Å². The van der Waals surface area contributed by atoms with Gasteiger partial charge in [-0.1, -0.05) is 42.5 Å². The van der Waals surface area contributed by atoms with E-state index in [1.165, 1.54) is 4.90 Å². The number of nitrogens with zero attached hydrogens (tertiary/aromatic N) is 1. The highest BCUT2D eigenvalue weighted by Gasteiger charge is 2.27. The molecule has 0 bridgehead atoms. The molecule has 0 aliphatic carbocycles. The lowest BCUT2D eigenvalue weighted by atomic mass is 10.1. The molecule has 0 heterocycles. The van der Waals surface area contributed by atoms with Crippen LogP contribution in [0.4, 0.5) is 0 Å². The van der Waals surface area contributed by atoms with Crippen LogP contribution in [0.1, 0.15) is 22.0 Å². The largest absolute Gasteiger partial charge is 0.444 e. The van der Waals surface area contributed by atoms with Gasteiger partial charge in [0.2, 0.25) is 6.10 Å². The molecule has 0 saturated heterocycles. The van der Waals surface area contributed by atoms with Crippen molar-refractivity contribution in [1.82, 2.24) is 4.90 Å². The fraction of sp³-hybridized carbons (Fsp3) is 0.176. The Labute approximate surface area is 137 Å². The quantitative estimate of drug-likeness (QED) is 0.783. The Morgan fingerprint density at radius 2 is 1.59 bits per heavy atom. The number of hydrogen-bond donors (Lipinski definition) is 0. The Morgan fingerprint density at radius 1 is 1.00 bits per heavy atom. The van der Waals surface area contributed by atoms with Crippen molar-refractivity contribution < 1.29 is 14.3 Å². The molecule has 2 aromatic carbocycles. The number of ether oxygens (including phenoxy) is 1. The van der Waals surface area contributed by atoms with Gasteiger partial charge in [-0.3, -0.25) is 4.79 Å². The van der Waals surface area contributed by atoms with E-state index in [0.29, 0.717) is 15.6 Å². The molecule has 1 atom stereocenters. The average Bonchev–Trinajstić information content (AvgIpc) is 2.53. The molecular weight excluding hydrogens is 346 g/mol. The molecule has 0 fully saturated rings. The summed E-state index contributed by atoms with van der Waals surface area (Å²) >= 11 is 3.31. The lowest BCUT2D eigenvalue weighted by Crippen LogP contribution is -2.31. The van der Waals surface area contributed by atoms with Gasteiger partial charge in [0.15, 0.2) is 0 Å². The van der Waals surface area contributed by atoms with E-state index in [1.807, 2.05) is 6.07 Å². The fourth-order valence-electron chi connectivity index (χ4n) is 1.92. The van der Waals surface area contributed by atoms with Crippen LogP contribution in [0.5, 0.6) is 0 Å². The van der Waals surface area contributed by atoms with Crippen LogP contribution in [0.15, 0.2) is 59.1 Å². The van der Waals surface area contributed by atoms with Crippen molar-refractivity contribution in [2.75, 3.05) is 14.1 Å². The van der Waals surface area contributed by atoms with E-state index in [2.05, 4.69) is 15.9 Å². The van der Waals surface area contributed by atoms with Gasteiger partial charge in [0.05, 0.1) is 5.56 Å². The van der Waals surface area contributed by atoms with Crippen molar-refractivity contribution in [1.29, 1.82) is 0 Å². The Kier molecular flexibility index (Phi) is 5.33. The molecule has 0 aliphatic heterocycles. The van der Waals surface area contributed by atoms with Crippen molar-refractivity contribution in [3.8, 4) is 0 Å². The Bertz CT molecular complexity index is 671. The standard InChI is InChI=1S/C17H16BrNO3/c1-19(2)16(20)15(12-8-4-3-5-9-12)22-17(21)13-10-6-7-11-14(13)18/h3-11,15H,1-2H3/t15-/m0/s1. The number of likely N-dealkylation sites (N-methyl/N-ethyl adjacent to an activating group) is 1. The number of halogens is 1. The maximum Gasteiger partial charge on any atom is 0.340 e. The zero-order valence-electron chi connectivity index (χ0n) is 12.3. The second-order valence-electron chi connectivity index (χ2n) is 4.91. The van der Waals surface area contributed by atoms with Crippen molar-refractivity contribution in [3.63, 3.8) is 0 Å². The highest BCUT2D eigenvalue weighted by molar-refractivity contribution is 9.10. The smallest absolute Gasteiger partial charge is 0.340 e. The predicted octanol–water partition coefficient (Wildman–Crippen LogP) is 3.44. The van der Waals surface area contributed by atoms with Gasteiger partial charge in [-0.2, -0.15) is 0 Å². The molecule has 114 valence electrons. The van der Waals surface area contributed by atoms with E-state index in [9.17, 15) is 9.59 Å². The zero-order chi connectivity index (χ0) is 16.1. The van der Waals surface area contributed by atoms with Crippen LogP contribution in [0.2, 0.25) is 0 Å². The summed E-state index contributed by atoms with van der Waals surface area (Å²) in [5, 5.41) is 0. The SMILES string of the molecule is CN(C)C(=O)[C@@H](OC(=O)c1ccccc1Br)c1ccccc1. The van der Waals surface area contributed by atoms with Crippen LogP contribution in [-0.2, 0) is 9.53 Å². The summed E-state index contributed by atoms with van der Waals surface area (Å²) in [6.07, 6.45) is -0.962. The number of rotatable bonds is 4. The number of hydrogen-bond acceptors (Lipinski definition) is 3. The lowest BCUT2D eigenvalue weighted by molar-refractivity contribution is -0.138. The van der Waals surface area contributed by atoms with E-state index < -0.39 is 12.1 Å². The zero-order valence-corrected chi connectivity index (χ0v) is 13.9. The maximum absolute atomic E-state index is 12.4. The van der Waals surface area contributed by atoms with Gasteiger partial charge >= 0.3 is 5.97 Å². The summed E-state index contributed by atoms with van der Waals surface area (Å²) in [7, 11) is 3.26. The Morgan fingerprint density at radius 3 is 2.18 bits per heavy atom. The van der Waals surface area contributed by atoms with E-state index >= 15 is 0 Å². The highest BCUT2D eigenvalue weighted by atomic mass is 79.9. The number of carbonyl (C=O) groups excluding carboxylic acids is 2. The molecule has 2 aromatic rings. The summed E-state index contributed by atoms with van der Waals surface area (Å²) in [6.45, 7) is 0. The van der Waals surface area contributed by atoms with Crippen LogP contribution in [0.3, 0.4) is 0 Å². The lowest BCUT2D eigenvalue weighted by Gasteiger charge is -2.21. The summed E-state index contributed by atoms with van der Waals surface area (Å²) < 4.78 is 6.10. The van der Waals surface area contributed by atoms with Crippen LogP contribution >= 0.6 is 15.9 Å². The predicted molar refractivity (Wildman–Crippen MR) is 87.4 cm³/mol. The maximum atomic E-state index is 12.4. The van der Waals surface area contributed by atoms with Gasteiger partial charge in [0.25, 0.3) is 5.91 Å². The third-order valence-corrected chi connectivity index (χ3v) is 3.78. The minimum Gasteiger partial charge on any atom is -0.444 e. The summed E-state index contributed by atoms with van der Waals surface area (Å²) in [5.41, 5.74) is 1.02. The number of amides is 1. The fourth-order valence-corrected chi connectivity index (χ4v) is 2.37. The third kappa shape index (κ3) is 3.74. The molecule has 5 heteroatoms. The van der Waals surface area contributed by atoms with Crippen LogP contribution in [0.25, 0.3) is 0 Å². The summed E-state index contributed by atoms with van der Waals surface area (Å²) in [5.74, 6) is -0.830. The molecule has 22 heavy (non-hydrogen) atoms. The number of benzene rings is 2. The summed E-state index contributed by atoms with van der Waals surface area (Å²) in [6, 6.07) is 15.9. The van der Waals surface area contributed by atoms with Gasteiger partial charge in [0.1, 0.15) is 0 Å². The molecule has 2 rings (SSSR count). The molecule has 0 aliphatic rings. The van der Waals surface area contributed by atoms with E-state index in [1.54, 1.807) is 62.6 Å². The third-order valence-electron chi connectivity index (χ3n) is 3.09. The Balaban J connectivity index is 2.29. The van der Waals surface area contributed by atoms with Crippen LogP contribution in [-0.4, -0.2) is 30.9 Å². The second-order valence-corrected chi connectivity index (χ2v) is 5.76. The van der Waals surface area contributed by atoms with Gasteiger partial charge in [0, 0.05) is 24.1 Å². The minimum absolute atomic E-state index is 0.286. The van der Waals surface area contributed by atoms with Crippen molar-refractivity contribution in [2.24, 2.45) is 0 Å². The minimum atomic E-state index is -0.962. The van der Waals surface area contributed by atoms with Crippen molar-refractivity contribution in [3.05, 3.63) is 70.2 Å². The first-order valence-corrected chi connectivity index (χ1v) is 7.51. The van der Waals surface area contributed by atoms with Crippen molar-refractivity contribution >= 4 is 27.8 Å². The number of esters is 1. The van der Waals surface area contributed by atoms with E-state index in [-0.39, 0.29) is 5.91 Å². The van der Waals surface area contributed by atoms with Gasteiger partial charge in [-0.05, 0) is 28.1 Å². The van der Waals surface area contributed by atoms with Crippen molar-refractivity contribution in [2.45, 2.75) is 6.10 Å². The van der Waals surface area contributed by atoms with E-state index in [4.69, 9.17) is 4.74 Å². The number of carbonyl (C=O) groups is 2. The normalized spacial score (nSPS) is 11.6. The van der Waals surface area contributed by atoms with Crippen LogP contribution < -0.4 is 0 Å². The Hall–Kier alpha value is -2.14. The topological polar surface area (TPSA) is 46.6 Å². The van der Waals surface area contributed by atoms with E-state index in [0.717, 1.165) is 0 Å². The molecule has 0 saturated carbocycles. The molecule has 0 N–H and O–H groups in total. The second kappa shape index (κ2) is 7.22. The molecule has 0 radical (unpaired) electrons. The van der Waals surface area contributed by atoms with Gasteiger partial charge in [-0.15, -0.1) is 0 Å². The highest BCUT2D eigenvalue weighted by Crippen LogP contribution is 2.24.